The van der Waals surface area contributed by atoms with E-state index in [0.717, 1.165) is 29.5 Å². The second-order valence-electron chi connectivity index (χ2n) is 7.51. The van der Waals surface area contributed by atoms with Crippen molar-refractivity contribution in [3.8, 4) is 5.75 Å². The number of quaternary nitrogens is 1. The summed E-state index contributed by atoms with van der Waals surface area (Å²) in [5, 5.41) is 0.788. The number of esters is 1. The van der Waals surface area contributed by atoms with Gasteiger partial charge in [0.05, 0.1) is 31.2 Å². The van der Waals surface area contributed by atoms with Crippen LogP contribution in [-0.4, -0.2) is 26.4 Å². The topological polar surface area (TPSA) is 70.2 Å². The molecule has 1 aliphatic rings. The average molecular weight is 412 g/mol. The Hall–Kier alpha value is -3.19. The first-order chi connectivity index (χ1) is 14.5. The van der Waals surface area contributed by atoms with Gasteiger partial charge in [0.2, 0.25) is 6.73 Å². The highest BCUT2D eigenvalue weighted by Gasteiger charge is 2.26. The van der Waals surface area contributed by atoms with Crippen molar-refractivity contribution in [2.45, 2.75) is 26.3 Å². The molecule has 0 saturated heterocycles. The summed E-state index contributed by atoms with van der Waals surface area (Å²) in [6.07, 6.45) is 0.661. The van der Waals surface area contributed by atoms with Gasteiger partial charge in [-0.3, -0.25) is 9.69 Å². The molecule has 0 spiro atoms. The Morgan fingerprint density at radius 2 is 1.97 bits per heavy atom. The molecule has 0 bridgehead atoms. The van der Waals surface area contributed by atoms with Crippen LogP contribution >= 0.6 is 0 Å². The molecule has 7 heteroatoms. The van der Waals surface area contributed by atoms with Crippen LogP contribution in [0.1, 0.15) is 22.3 Å². The maximum absolute atomic E-state index is 13.1. The fourth-order valence-corrected chi connectivity index (χ4v) is 3.83. The Kier molecular flexibility index (Phi) is 5.55. The maximum atomic E-state index is 13.1. The predicted octanol–water partition coefficient (Wildman–Crippen LogP) is 1.93. The molecule has 0 saturated carbocycles. The Morgan fingerprint density at radius 3 is 2.70 bits per heavy atom. The van der Waals surface area contributed by atoms with E-state index in [9.17, 15) is 14.0 Å². The van der Waals surface area contributed by atoms with Crippen molar-refractivity contribution < 1.29 is 28.0 Å². The van der Waals surface area contributed by atoms with Crippen LogP contribution in [0.25, 0.3) is 11.0 Å². The van der Waals surface area contributed by atoms with Gasteiger partial charge in [-0.25, -0.2) is 9.18 Å². The monoisotopic (exact) mass is 412 g/mol. The molecule has 2 heterocycles. The second kappa shape index (κ2) is 8.28. The Balaban J connectivity index is 1.61. The van der Waals surface area contributed by atoms with Crippen molar-refractivity contribution in [3.05, 3.63) is 74.9 Å². The Labute approximate surface area is 172 Å². The summed E-state index contributed by atoms with van der Waals surface area (Å²) in [6, 6.07) is 10.2. The van der Waals surface area contributed by atoms with Crippen LogP contribution in [0.4, 0.5) is 4.39 Å². The number of methoxy groups -OCH3 is 1. The quantitative estimate of drug-likeness (QED) is 0.512. The molecule has 1 aromatic heterocycles. The first-order valence-electron chi connectivity index (χ1n) is 9.82. The van der Waals surface area contributed by atoms with Gasteiger partial charge in [-0.15, -0.1) is 0 Å². The Bertz CT molecular complexity index is 1150. The number of nitrogens with one attached hydrogen (secondary N) is 1. The third kappa shape index (κ3) is 3.93. The number of aryl methyl sites for hydroxylation is 1. The van der Waals surface area contributed by atoms with Crippen LogP contribution < -0.4 is 15.3 Å². The Morgan fingerprint density at radius 1 is 1.20 bits per heavy atom. The largest absolute Gasteiger partial charge is 0.469 e. The molecule has 1 unspecified atom stereocenters. The van der Waals surface area contributed by atoms with Gasteiger partial charge in [0.25, 0.3) is 0 Å². The normalized spacial score (nSPS) is 15.5. The first-order valence-corrected chi connectivity index (χ1v) is 9.82. The van der Waals surface area contributed by atoms with E-state index in [0.29, 0.717) is 35.7 Å². The van der Waals surface area contributed by atoms with E-state index in [1.165, 1.54) is 24.1 Å². The predicted molar refractivity (Wildman–Crippen MR) is 108 cm³/mol. The van der Waals surface area contributed by atoms with Gasteiger partial charge in [-0.05, 0) is 42.3 Å². The molecule has 6 nitrogen and oxygen atoms in total. The number of rotatable bonds is 5. The molecule has 4 rings (SSSR count). The van der Waals surface area contributed by atoms with Gasteiger partial charge in [0, 0.05) is 11.8 Å². The number of halogens is 1. The van der Waals surface area contributed by atoms with Crippen molar-refractivity contribution in [1.82, 2.24) is 0 Å². The lowest BCUT2D eigenvalue weighted by molar-refractivity contribution is -0.932. The molecule has 1 N–H and O–H groups in total. The highest BCUT2D eigenvalue weighted by Crippen LogP contribution is 2.30. The summed E-state index contributed by atoms with van der Waals surface area (Å²) in [4.78, 5) is 25.4. The SMILES string of the molecule is COC(=O)Cc1c(C)c2ccc3c(c2oc1=O)C[NH+](CCc1ccc(F)cc1)CO3. The van der Waals surface area contributed by atoms with Gasteiger partial charge >= 0.3 is 11.6 Å². The average Bonchev–Trinajstić information content (AvgIpc) is 2.75. The van der Waals surface area contributed by atoms with Gasteiger partial charge in [-0.1, -0.05) is 12.1 Å². The van der Waals surface area contributed by atoms with E-state index in [4.69, 9.17) is 9.15 Å². The summed E-state index contributed by atoms with van der Waals surface area (Å²) in [5.74, 6) is -0.0245. The van der Waals surface area contributed by atoms with Crippen LogP contribution in [0.15, 0.2) is 45.6 Å². The zero-order valence-electron chi connectivity index (χ0n) is 16.9. The highest BCUT2D eigenvalue weighted by atomic mass is 19.1. The van der Waals surface area contributed by atoms with Crippen molar-refractivity contribution in [1.29, 1.82) is 0 Å². The molecule has 0 aliphatic carbocycles. The maximum Gasteiger partial charge on any atom is 0.340 e. The third-order valence-corrected chi connectivity index (χ3v) is 5.60. The van der Waals surface area contributed by atoms with Gasteiger partial charge in [0.1, 0.15) is 18.1 Å². The summed E-state index contributed by atoms with van der Waals surface area (Å²) in [6.45, 7) is 3.76. The summed E-state index contributed by atoms with van der Waals surface area (Å²) >= 11 is 0. The van der Waals surface area contributed by atoms with Crippen molar-refractivity contribution in [2.24, 2.45) is 0 Å². The molecule has 30 heavy (non-hydrogen) atoms. The van der Waals surface area contributed by atoms with Gasteiger partial charge in [0.15, 0.2) is 5.58 Å². The lowest BCUT2D eigenvalue weighted by Crippen LogP contribution is -3.12. The standard InChI is InChI=1S/C23H22FNO5/c1-14-17-7-8-20-19(22(17)30-23(27)18(14)11-21(26)28-2)12-25(13-29-20)10-9-15-3-5-16(24)6-4-15/h3-8H,9-13H2,1-2H3/p+1. The van der Waals surface area contributed by atoms with Crippen LogP contribution in [0.3, 0.4) is 0 Å². The number of hydrogen-bond acceptors (Lipinski definition) is 5. The molecule has 1 atom stereocenters. The lowest BCUT2D eigenvalue weighted by Gasteiger charge is -2.26. The minimum absolute atomic E-state index is 0.122. The fourth-order valence-electron chi connectivity index (χ4n) is 3.83. The molecule has 3 aromatic rings. The number of ether oxygens (including phenoxy) is 2. The van der Waals surface area contributed by atoms with Crippen molar-refractivity contribution >= 4 is 16.9 Å². The van der Waals surface area contributed by atoms with Gasteiger partial charge < -0.3 is 13.9 Å². The smallest absolute Gasteiger partial charge is 0.340 e. The molecular weight excluding hydrogens is 389 g/mol. The fraction of sp³-hybridized carbons (Fsp3) is 0.304. The first kappa shape index (κ1) is 20.1. The van der Waals surface area contributed by atoms with E-state index in [1.807, 2.05) is 19.1 Å². The lowest BCUT2D eigenvalue weighted by atomic mass is 10.00. The molecular formula is C23H23FNO5+. The molecule has 2 aromatic carbocycles. The zero-order valence-corrected chi connectivity index (χ0v) is 16.9. The summed E-state index contributed by atoms with van der Waals surface area (Å²) in [5.41, 5.74) is 2.90. The number of benzene rings is 2. The molecule has 156 valence electrons. The highest BCUT2D eigenvalue weighted by molar-refractivity contribution is 5.87. The van der Waals surface area contributed by atoms with Crippen LogP contribution in [-0.2, 0) is 28.9 Å². The number of carbonyl (C=O) groups excluding carboxylic acids is 1. The van der Waals surface area contributed by atoms with E-state index in [-0.39, 0.29) is 12.2 Å². The number of carbonyl (C=O) groups is 1. The third-order valence-electron chi connectivity index (χ3n) is 5.60. The van der Waals surface area contributed by atoms with Crippen LogP contribution in [0.2, 0.25) is 0 Å². The molecule has 0 fully saturated rings. The molecule has 0 amide bonds. The van der Waals surface area contributed by atoms with E-state index in [1.54, 1.807) is 12.1 Å². The second-order valence-corrected chi connectivity index (χ2v) is 7.51. The minimum Gasteiger partial charge on any atom is -0.469 e. The molecule has 1 aliphatic heterocycles. The summed E-state index contributed by atoms with van der Waals surface area (Å²) in [7, 11) is 1.29. The summed E-state index contributed by atoms with van der Waals surface area (Å²) < 4.78 is 29.3. The van der Waals surface area contributed by atoms with E-state index < -0.39 is 11.6 Å². The van der Waals surface area contributed by atoms with E-state index >= 15 is 0 Å². The van der Waals surface area contributed by atoms with Crippen LogP contribution in [0, 0.1) is 12.7 Å². The zero-order chi connectivity index (χ0) is 21.3. The van der Waals surface area contributed by atoms with Crippen molar-refractivity contribution in [3.63, 3.8) is 0 Å². The van der Waals surface area contributed by atoms with Gasteiger partial charge in [-0.2, -0.15) is 0 Å². The van der Waals surface area contributed by atoms with Crippen molar-refractivity contribution in [2.75, 3.05) is 20.4 Å². The van der Waals surface area contributed by atoms with Crippen LogP contribution in [0.5, 0.6) is 5.75 Å². The minimum atomic E-state index is -0.530. The molecule has 0 radical (unpaired) electrons. The number of hydrogen-bond donors (Lipinski definition) is 1. The van der Waals surface area contributed by atoms with E-state index in [2.05, 4.69) is 4.74 Å². The number of fused-ring (bicyclic) bond motifs is 3.